The van der Waals surface area contributed by atoms with Crippen molar-refractivity contribution >= 4 is 0 Å². The molecule has 5 aliphatic carbocycles. The van der Waals surface area contributed by atoms with Crippen LogP contribution in [0.1, 0.15) is 88.5 Å². The second kappa shape index (κ2) is 7.85. The van der Waals surface area contributed by atoms with Gasteiger partial charge in [-0.1, -0.05) is 51.1 Å². The number of fused-ring (bicyclic) bond motifs is 2. The number of hydrogen-bond donors (Lipinski definition) is 2. The number of aromatic hydroxyl groups is 1. The van der Waals surface area contributed by atoms with Crippen LogP contribution in [0.25, 0.3) is 0 Å². The molecular weight excluding hydrogens is 498 g/mol. The van der Waals surface area contributed by atoms with Crippen LogP contribution in [0.15, 0.2) is 36.4 Å². The summed E-state index contributed by atoms with van der Waals surface area (Å²) in [4.78, 5) is 2.82. The normalized spacial score (nSPS) is 39.0. The Balaban J connectivity index is 1.30. The fraction of sp³-hybridized carbons (Fsp3) is 0.657. The van der Waals surface area contributed by atoms with Crippen molar-refractivity contribution in [3.63, 3.8) is 0 Å². The zero-order valence-corrected chi connectivity index (χ0v) is 24.8. The SMILES string of the molecule is CO[C@]12CC[C@@]3(C[C@@H]1[C@@](C)(O)c1ccc(C(C)(C)C)cc1)[C@H]1Cc4ccc(O)c5c4[C@@]3(CCN1CC1CC1)[C@H]2O5. The van der Waals surface area contributed by atoms with Gasteiger partial charge in [0, 0.05) is 42.0 Å². The van der Waals surface area contributed by atoms with E-state index < -0.39 is 11.2 Å². The van der Waals surface area contributed by atoms with Crippen molar-refractivity contribution in [2.45, 2.75) is 107 Å². The lowest BCUT2D eigenvalue weighted by Crippen LogP contribution is -2.82. The summed E-state index contributed by atoms with van der Waals surface area (Å²) in [6.07, 6.45) is 7.39. The molecule has 5 heteroatoms. The molecule has 5 fully saturated rings. The minimum atomic E-state index is -1.09. The van der Waals surface area contributed by atoms with Crippen LogP contribution in [0.2, 0.25) is 0 Å². The van der Waals surface area contributed by atoms with E-state index in [0.717, 1.165) is 50.1 Å². The van der Waals surface area contributed by atoms with Crippen LogP contribution >= 0.6 is 0 Å². The van der Waals surface area contributed by atoms with Gasteiger partial charge in [0.05, 0.1) is 5.60 Å². The summed E-state index contributed by atoms with van der Waals surface area (Å²) >= 11 is 0. The lowest BCUT2D eigenvalue weighted by molar-refractivity contribution is -0.304. The van der Waals surface area contributed by atoms with E-state index in [-0.39, 0.29) is 34.0 Å². The van der Waals surface area contributed by atoms with Gasteiger partial charge >= 0.3 is 0 Å². The molecule has 2 heterocycles. The summed E-state index contributed by atoms with van der Waals surface area (Å²) in [5, 5.41) is 23.7. The fourth-order valence-electron chi connectivity index (χ4n) is 10.6. The van der Waals surface area contributed by atoms with E-state index in [4.69, 9.17) is 9.47 Å². The highest BCUT2D eigenvalue weighted by atomic mass is 16.6. The largest absolute Gasteiger partial charge is 0.504 e. The highest BCUT2D eigenvalue weighted by Crippen LogP contribution is 2.78. The van der Waals surface area contributed by atoms with Crippen molar-refractivity contribution in [1.29, 1.82) is 0 Å². The average Bonchev–Trinajstić information content (AvgIpc) is 3.67. The number of phenolic OH excluding ortho intramolecular Hbond substituents is 1. The van der Waals surface area contributed by atoms with E-state index in [9.17, 15) is 10.2 Å². The van der Waals surface area contributed by atoms with Crippen LogP contribution in [0.4, 0.5) is 0 Å². The highest BCUT2D eigenvalue weighted by Gasteiger charge is 2.82. The van der Waals surface area contributed by atoms with Crippen LogP contribution in [0, 0.1) is 17.3 Å². The van der Waals surface area contributed by atoms with Gasteiger partial charge in [-0.2, -0.15) is 0 Å². The first-order chi connectivity index (χ1) is 19.0. The second-order valence-electron chi connectivity index (χ2n) is 15.4. The number of aliphatic hydroxyl groups is 1. The first-order valence-corrected chi connectivity index (χ1v) is 15.6. The van der Waals surface area contributed by atoms with Crippen molar-refractivity contribution in [2.24, 2.45) is 17.3 Å². The first-order valence-electron chi connectivity index (χ1n) is 15.6. The van der Waals surface area contributed by atoms with Crippen LogP contribution in [-0.4, -0.2) is 53.1 Å². The van der Waals surface area contributed by atoms with Crippen molar-refractivity contribution < 1.29 is 19.7 Å². The number of ether oxygens (including phenoxy) is 2. The lowest BCUT2D eigenvalue weighted by Gasteiger charge is -2.75. The lowest BCUT2D eigenvalue weighted by atomic mass is 9.33. The first kappa shape index (κ1) is 25.6. The molecule has 4 saturated carbocycles. The van der Waals surface area contributed by atoms with Gasteiger partial charge in [0.1, 0.15) is 11.7 Å². The molecule has 214 valence electrons. The van der Waals surface area contributed by atoms with Crippen LogP contribution in [0.3, 0.4) is 0 Å². The fourth-order valence-corrected chi connectivity index (χ4v) is 10.6. The number of phenols is 1. The summed E-state index contributed by atoms with van der Waals surface area (Å²) in [7, 11) is 1.83. The molecule has 0 aromatic heterocycles. The van der Waals surface area contributed by atoms with Crippen molar-refractivity contribution in [2.75, 3.05) is 20.2 Å². The van der Waals surface area contributed by atoms with Crippen molar-refractivity contribution in [1.82, 2.24) is 4.90 Å². The van der Waals surface area contributed by atoms with Crippen LogP contribution in [-0.2, 0) is 27.6 Å². The maximum absolute atomic E-state index is 12.6. The maximum atomic E-state index is 12.6. The van der Waals surface area contributed by atoms with Gasteiger partial charge < -0.3 is 19.7 Å². The maximum Gasteiger partial charge on any atom is 0.165 e. The van der Waals surface area contributed by atoms with Gasteiger partial charge in [-0.25, -0.2) is 0 Å². The Bertz CT molecular complexity index is 1370. The van der Waals surface area contributed by atoms with Crippen molar-refractivity contribution in [3.8, 4) is 11.5 Å². The minimum Gasteiger partial charge on any atom is -0.504 e. The number of methoxy groups -OCH3 is 1. The van der Waals surface area contributed by atoms with E-state index in [1.54, 1.807) is 0 Å². The number of likely N-dealkylation sites (tertiary alicyclic amines) is 1. The van der Waals surface area contributed by atoms with E-state index in [2.05, 4.69) is 56.0 Å². The van der Waals surface area contributed by atoms with E-state index in [1.807, 2.05) is 20.1 Å². The van der Waals surface area contributed by atoms with Gasteiger partial charge in [-0.3, -0.25) is 4.90 Å². The summed E-state index contributed by atoms with van der Waals surface area (Å²) in [6, 6.07) is 13.1. The summed E-state index contributed by atoms with van der Waals surface area (Å²) in [6.45, 7) is 11.0. The molecule has 2 aliphatic heterocycles. The molecule has 2 aromatic carbocycles. The Morgan fingerprint density at radius 2 is 1.73 bits per heavy atom. The van der Waals surface area contributed by atoms with E-state index >= 15 is 0 Å². The topological polar surface area (TPSA) is 62.2 Å². The highest BCUT2D eigenvalue weighted by molar-refractivity contribution is 5.63. The van der Waals surface area contributed by atoms with E-state index in [1.165, 1.54) is 36.1 Å². The number of nitrogens with zero attached hydrogens (tertiary/aromatic N) is 1. The third kappa shape index (κ3) is 2.95. The zero-order valence-electron chi connectivity index (χ0n) is 24.8. The van der Waals surface area contributed by atoms with Gasteiger partial charge in [0.25, 0.3) is 0 Å². The van der Waals surface area contributed by atoms with E-state index in [0.29, 0.717) is 11.8 Å². The number of hydrogen-bond acceptors (Lipinski definition) is 5. The molecule has 7 aliphatic rings. The van der Waals surface area contributed by atoms with Gasteiger partial charge in [0.2, 0.25) is 0 Å². The van der Waals surface area contributed by atoms with Gasteiger partial charge in [0.15, 0.2) is 11.5 Å². The third-order valence-electron chi connectivity index (χ3n) is 12.7. The molecule has 0 unspecified atom stereocenters. The molecule has 0 radical (unpaired) electrons. The van der Waals surface area contributed by atoms with Crippen LogP contribution in [0.5, 0.6) is 11.5 Å². The molecule has 4 bridgehead atoms. The molecule has 2 N–H and O–H groups in total. The Morgan fingerprint density at radius 3 is 2.40 bits per heavy atom. The molecule has 5 nitrogen and oxygen atoms in total. The molecule has 9 rings (SSSR count). The molecule has 7 atom stereocenters. The van der Waals surface area contributed by atoms with Crippen molar-refractivity contribution in [3.05, 3.63) is 58.7 Å². The second-order valence-corrected chi connectivity index (χ2v) is 15.4. The molecule has 2 aromatic rings. The molecule has 2 spiro atoms. The van der Waals surface area contributed by atoms with Crippen LogP contribution < -0.4 is 4.74 Å². The molecule has 0 amide bonds. The zero-order chi connectivity index (χ0) is 27.9. The Hall–Kier alpha value is -2.08. The quantitative estimate of drug-likeness (QED) is 0.498. The minimum absolute atomic E-state index is 0.0167. The number of benzene rings is 2. The predicted molar refractivity (Wildman–Crippen MR) is 155 cm³/mol. The number of rotatable bonds is 5. The Morgan fingerprint density at radius 1 is 1.00 bits per heavy atom. The predicted octanol–water partition coefficient (Wildman–Crippen LogP) is 5.82. The molecular formula is C35H45NO4. The summed E-state index contributed by atoms with van der Waals surface area (Å²) in [5.74, 6) is 1.66. The Kier molecular flexibility index (Phi) is 5.02. The monoisotopic (exact) mass is 543 g/mol. The van der Waals surface area contributed by atoms with Gasteiger partial charge in [-0.15, -0.1) is 0 Å². The molecule has 40 heavy (non-hydrogen) atoms. The Labute approximate surface area is 238 Å². The smallest absolute Gasteiger partial charge is 0.165 e. The standard InChI is InChI=1S/C35H45NO4/c1-31(2,3)23-9-11-24(12-10-23)32(4,38)26-19-33-14-15-35(26,39-5)30-34(33)16-17-36(20-21-6-7-21)27(33)18-22-8-13-25(37)29(40-30)28(22)34/h8-13,21,26-27,30,37-38H,6-7,14-20H2,1-5H3/t26-,27-,30-,32+,33-,34+,35-/m1/s1. The average molecular weight is 544 g/mol. The molecule has 1 saturated heterocycles. The van der Waals surface area contributed by atoms with Gasteiger partial charge in [-0.05, 0) is 92.5 Å². The summed E-state index contributed by atoms with van der Waals surface area (Å²) < 4.78 is 13.6. The third-order valence-corrected chi connectivity index (χ3v) is 12.7. The number of piperidine rings is 1. The summed E-state index contributed by atoms with van der Waals surface area (Å²) in [5.41, 5.74) is 2.98.